The molecular weight excluding hydrogens is 398 g/mol. The van der Waals surface area contributed by atoms with Gasteiger partial charge in [-0.2, -0.15) is 0 Å². The highest BCUT2D eigenvalue weighted by molar-refractivity contribution is 8.18. The van der Waals surface area contributed by atoms with Crippen molar-refractivity contribution in [1.82, 2.24) is 5.32 Å². The van der Waals surface area contributed by atoms with Crippen molar-refractivity contribution in [2.24, 2.45) is 4.99 Å². The number of anilines is 1. The molecule has 2 saturated heterocycles. The molecule has 0 atom stereocenters. The Bertz CT molecular complexity index is 980. The molecule has 1 N–H and O–H groups in total. The molecule has 1 amide bonds. The maximum absolute atomic E-state index is 12.4. The predicted molar refractivity (Wildman–Crippen MR) is 123 cm³/mol. The van der Waals surface area contributed by atoms with Crippen molar-refractivity contribution < 1.29 is 14.3 Å². The van der Waals surface area contributed by atoms with E-state index in [4.69, 9.17) is 9.47 Å². The van der Waals surface area contributed by atoms with Crippen molar-refractivity contribution in [1.29, 1.82) is 0 Å². The molecule has 2 aromatic carbocycles. The van der Waals surface area contributed by atoms with Gasteiger partial charge < -0.3 is 19.7 Å². The van der Waals surface area contributed by atoms with Crippen LogP contribution in [0.15, 0.2) is 52.4 Å². The van der Waals surface area contributed by atoms with Gasteiger partial charge in [0.25, 0.3) is 5.91 Å². The van der Waals surface area contributed by atoms with Gasteiger partial charge in [-0.15, -0.1) is 0 Å². The molecule has 7 heteroatoms. The van der Waals surface area contributed by atoms with Gasteiger partial charge in [0, 0.05) is 18.8 Å². The second kappa shape index (κ2) is 9.36. The van der Waals surface area contributed by atoms with Crippen molar-refractivity contribution in [3.8, 4) is 5.75 Å². The van der Waals surface area contributed by atoms with Crippen LogP contribution in [0.4, 0.5) is 11.4 Å². The number of carbonyl (C=O) groups excluding carboxylic acids is 1. The second-order valence-corrected chi connectivity index (χ2v) is 8.08. The van der Waals surface area contributed by atoms with Crippen molar-refractivity contribution in [3.63, 3.8) is 0 Å². The highest BCUT2D eigenvalue weighted by Crippen LogP contribution is 2.30. The van der Waals surface area contributed by atoms with E-state index in [0.717, 1.165) is 48.9 Å². The number of aryl methyl sites for hydroxylation is 1. The normalized spacial score (nSPS) is 19.4. The summed E-state index contributed by atoms with van der Waals surface area (Å²) in [6, 6.07) is 13.9. The average Bonchev–Trinajstić information content (AvgIpc) is 3.10. The monoisotopic (exact) mass is 423 g/mol. The zero-order valence-corrected chi connectivity index (χ0v) is 18.0. The molecule has 2 heterocycles. The quantitative estimate of drug-likeness (QED) is 0.733. The molecule has 0 unspecified atom stereocenters. The summed E-state index contributed by atoms with van der Waals surface area (Å²) in [5, 5.41) is 3.43. The average molecular weight is 424 g/mol. The van der Waals surface area contributed by atoms with Crippen molar-refractivity contribution in [3.05, 3.63) is 58.5 Å². The molecule has 0 spiro atoms. The fourth-order valence-corrected chi connectivity index (χ4v) is 4.20. The fraction of sp³-hybridized carbons (Fsp3) is 0.304. The van der Waals surface area contributed by atoms with E-state index in [2.05, 4.69) is 40.3 Å². The highest BCUT2D eigenvalue weighted by atomic mass is 32.2. The van der Waals surface area contributed by atoms with Crippen LogP contribution in [0.2, 0.25) is 0 Å². The molecule has 2 aliphatic rings. The second-order valence-electron chi connectivity index (χ2n) is 7.05. The van der Waals surface area contributed by atoms with E-state index < -0.39 is 0 Å². The molecule has 0 saturated carbocycles. The van der Waals surface area contributed by atoms with Crippen LogP contribution in [-0.4, -0.2) is 44.0 Å². The van der Waals surface area contributed by atoms with Gasteiger partial charge in [-0.25, -0.2) is 4.99 Å². The number of nitrogens with one attached hydrogen (secondary N) is 1. The van der Waals surface area contributed by atoms with Crippen molar-refractivity contribution >= 4 is 40.3 Å². The highest BCUT2D eigenvalue weighted by Gasteiger charge is 2.24. The maximum atomic E-state index is 12.4. The summed E-state index contributed by atoms with van der Waals surface area (Å²) in [5.41, 5.74) is 4.14. The largest absolute Gasteiger partial charge is 0.494 e. The summed E-state index contributed by atoms with van der Waals surface area (Å²) in [4.78, 5) is 19.9. The van der Waals surface area contributed by atoms with Gasteiger partial charge in [-0.3, -0.25) is 4.79 Å². The van der Waals surface area contributed by atoms with Gasteiger partial charge in [0.15, 0.2) is 5.17 Å². The number of ether oxygens (including phenoxy) is 2. The lowest BCUT2D eigenvalue weighted by Gasteiger charge is -2.29. The predicted octanol–water partition coefficient (Wildman–Crippen LogP) is 4.12. The maximum Gasteiger partial charge on any atom is 0.264 e. The van der Waals surface area contributed by atoms with E-state index in [1.807, 2.05) is 37.3 Å². The van der Waals surface area contributed by atoms with Gasteiger partial charge in [0.2, 0.25) is 0 Å². The van der Waals surface area contributed by atoms with Crippen molar-refractivity contribution in [2.75, 3.05) is 37.8 Å². The number of rotatable bonds is 5. The SMILES string of the molecule is CCOc1ccc(N=C2NC(=O)/C(=C/c3ccc(N4CCOCC4)cc3C)S2)cc1. The molecule has 0 aromatic heterocycles. The molecule has 0 aliphatic carbocycles. The van der Waals surface area contributed by atoms with Crippen molar-refractivity contribution in [2.45, 2.75) is 13.8 Å². The number of amidine groups is 1. The van der Waals surface area contributed by atoms with E-state index in [1.165, 1.54) is 17.4 Å². The zero-order valence-electron chi connectivity index (χ0n) is 17.2. The van der Waals surface area contributed by atoms with E-state index in [9.17, 15) is 4.79 Å². The van der Waals surface area contributed by atoms with Crippen LogP contribution in [0.3, 0.4) is 0 Å². The Hall–Kier alpha value is -2.77. The third-order valence-corrected chi connectivity index (χ3v) is 5.86. The lowest BCUT2D eigenvalue weighted by Crippen LogP contribution is -2.36. The number of hydrogen-bond acceptors (Lipinski definition) is 6. The van der Waals surface area contributed by atoms with Crippen LogP contribution < -0.4 is 15.0 Å². The molecule has 0 radical (unpaired) electrons. The topological polar surface area (TPSA) is 63.2 Å². The Morgan fingerprint density at radius 2 is 1.97 bits per heavy atom. The summed E-state index contributed by atoms with van der Waals surface area (Å²) < 4.78 is 10.9. The number of aliphatic imine (C=N–C) groups is 1. The summed E-state index contributed by atoms with van der Waals surface area (Å²) in [5.74, 6) is 0.683. The molecule has 156 valence electrons. The van der Waals surface area contributed by atoms with E-state index in [1.54, 1.807) is 0 Å². The van der Waals surface area contributed by atoms with Gasteiger partial charge in [0.1, 0.15) is 5.75 Å². The standard InChI is InChI=1S/C23H25N3O3S/c1-3-29-20-8-5-18(6-9-20)24-23-25-22(27)21(30-23)15-17-4-7-19(14-16(17)2)26-10-12-28-13-11-26/h4-9,14-15H,3,10-13H2,1-2H3,(H,24,25,27)/b21-15-. The Labute approximate surface area is 181 Å². The minimum atomic E-state index is -0.124. The summed E-state index contributed by atoms with van der Waals surface area (Å²) >= 11 is 1.36. The van der Waals surface area contributed by atoms with Crippen LogP contribution in [0.1, 0.15) is 18.1 Å². The summed E-state index contributed by atoms with van der Waals surface area (Å²) in [7, 11) is 0. The number of carbonyl (C=O) groups is 1. The molecule has 2 aromatic rings. The molecule has 4 rings (SSSR count). The number of thioether (sulfide) groups is 1. The van der Waals surface area contributed by atoms with E-state index >= 15 is 0 Å². The first-order chi connectivity index (χ1) is 14.6. The molecule has 2 fully saturated rings. The summed E-state index contributed by atoms with van der Waals surface area (Å²) in [6.07, 6.45) is 1.93. The van der Waals surface area contributed by atoms with Crippen LogP contribution in [0.5, 0.6) is 5.75 Å². The molecular formula is C23H25N3O3S. The Morgan fingerprint density at radius 1 is 1.20 bits per heavy atom. The third-order valence-electron chi connectivity index (χ3n) is 4.95. The smallest absolute Gasteiger partial charge is 0.264 e. The Morgan fingerprint density at radius 3 is 2.67 bits per heavy atom. The lowest BCUT2D eigenvalue weighted by atomic mass is 10.1. The minimum Gasteiger partial charge on any atom is -0.494 e. The van der Waals surface area contributed by atoms with E-state index in [-0.39, 0.29) is 5.91 Å². The first kappa shape index (κ1) is 20.5. The van der Waals surface area contributed by atoms with Crippen LogP contribution in [0, 0.1) is 6.92 Å². The number of nitrogens with zero attached hydrogens (tertiary/aromatic N) is 2. The Balaban J connectivity index is 1.48. The van der Waals surface area contributed by atoms with Crippen LogP contribution in [-0.2, 0) is 9.53 Å². The van der Waals surface area contributed by atoms with Crippen LogP contribution >= 0.6 is 11.8 Å². The first-order valence-electron chi connectivity index (χ1n) is 10.1. The van der Waals surface area contributed by atoms with Gasteiger partial charge in [0.05, 0.1) is 30.4 Å². The Kier molecular flexibility index (Phi) is 6.40. The first-order valence-corrected chi connectivity index (χ1v) is 10.9. The van der Waals surface area contributed by atoms with Gasteiger partial charge in [-0.1, -0.05) is 6.07 Å². The number of amides is 1. The zero-order chi connectivity index (χ0) is 20.9. The molecule has 0 bridgehead atoms. The van der Waals surface area contributed by atoms with Gasteiger partial charge >= 0.3 is 0 Å². The third kappa shape index (κ3) is 4.86. The number of benzene rings is 2. The number of morpholine rings is 1. The fourth-order valence-electron chi connectivity index (χ4n) is 3.36. The van der Waals surface area contributed by atoms with E-state index in [0.29, 0.717) is 16.7 Å². The van der Waals surface area contributed by atoms with Crippen LogP contribution in [0.25, 0.3) is 6.08 Å². The summed E-state index contributed by atoms with van der Waals surface area (Å²) in [6.45, 7) is 7.98. The van der Waals surface area contributed by atoms with Gasteiger partial charge in [-0.05, 0) is 79.2 Å². The lowest BCUT2D eigenvalue weighted by molar-refractivity contribution is -0.115. The molecule has 6 nitrogen and oxygen atoms in total. The number of hydrogen-bond donors (Lipinski definition) is 1. The molecule has 30 heavy (non-hydrogen) atoms. The molecule has 2 aliphatic heterocycles. The minimum absolute atomic E-state index is 0.124.